The van der Waals surface area contributed by atoms with Crippen LogP contribution in [0.1, 0.15) is 5.56 Å². The van der Waals surface area contributed by atoms with E-state index >= 15 is 0 Å². The lowest BCUT2D eigenvalue weighted by Crippen LogP contribution is -2.17. The first kappa shape index (κ1) is 19.2. The van der Waals surface area contributed by atoms with Gasteiger partial charge in [-0.25, -0.2) is 0 Å². The number of carbonyl (C=O) groups excluding carboxylic acids is 1. The first-order valence-electron chi connectivity index (χ1n) is 8.06. The topological polar surface area (TPSA) is 52.8 Å². The Labute approximate surface area is 169 Å². The number of hydrogen-bond donors (Lipinski definition) is 0. The summed E-state index contributed by atoms with van der Waals surface area (Å²) >= 11 is 4.90. The molecule has 0 aliphatic heterocycles. The molecule has 2 aromatic carbocycles. The highest BCUT2D eigenvalue weighted by molar-refractivity contribution is 9.10. The molecule has 0 N–H and O–H groups in total. The summed E-state index contributed by atoms with van der Waals surface area (Å²) in [5.74, 6) is 3.57. The molecule has 3 aromatic rings. The maximum absolute atomic E-state index is 12.5. The molecule has 0 aliphatic carbocycles. The highest BCUT2D eigenvalue weighted by Gasteiger charge is 2.10. The first-order chi connectivity index (χ1) is 13.0. The maximum Gasteiger partial charge on any atom is 0.252 e. The molecule has 1 aromatic heterocycles. The molecule has 7 heteroatoms. The zero-order valence-corrected chi connectivity index (χ0v) is 17.3. The van der Waals surface area contributed by atoms with Crippen molar-refractivity contribution in [2.24, 2.45) is 4.99 Å². The summed E-state index contributed by atoms with van der Waals surface area (Å²) in [4.78, 5) is 17.4. The second kappa shape index (κ2) is 8.42. The molecule has 5 nitrogen and oxygen atoms in total. The van der Waals surface area contributed by atoms with E-state index in [2.05, 4.69) is 26.8 Å². The van der Waals surface area contributed by atoms with Gasteiger partial charge in [-0.15, -0.1) is 6.42 Å². The normalized spacial score (nSPS) is 11.4. The van der Waals surface area contributed by atoms with Gasteiger partial charge in [-0.2, -0.15) is 4.99 Å². The van der Waals surface area contributed by atoms with Crippen molar-refractivity contribution in [2.45, 2.75) is 13.0 Å². The van der Waals surface area contributed by atoms with Gasteiger partial charge in [0, 0.05) is 4.47 Å². The third-order valence-electron chi connectivity index (χ3n) is 3.92. The van der Waals surface area contributed by atoms with Gasteiger partial charge in [0.05, 0.1) is 37.4 Å². The van der Waals surface area contributed by atoms with E-state index in [0.717, 1.165) is 20.3 Å². The van der Waals surface area contributed by atoms with Crippen LogP contribution in [-0.4, -0.2) is 24.7 Å². The maximum atomic E-state index is 12.5. The van der Waals surface area contributed by atoms with E-state index in [1.165, 1.54) is 11.3 Å². The summed E-state index contributed by atoms with van der Waals surface area (Å²) < 4.78 is 14.4. The lowest BCUT2D eigenvalue weighted by molar-refractivity contribution is -0.117. The Morgan fingerprint density at radius 1 is 1.22 bits per heavy atom. The molecule has 0 spiro atoms. The van der Waals surface area contributed by atoms with E-state index in [9.17, 15) is 4.79 Å². The van der Waals surface area contributed by atoms with Gasteiger partial charge in [-0.1, -0.05) is 39.3 Å². The van der Waals surface area contributed by atoms with Crippen LogP contribution in [0.4, 0.5) is 0 Å². The molecule has 3 rings (SSSR count). The van der Waals surface area contributed by atoms with Crippen molar-refractivity contribution in [1.29, 1.82) is 0 Å². The van der Waals surface area contributed by atoms with Crippen molar-refractivity contribution in [3.8, 4) is 23.8 Å². The Kier molecular flexibility index (Phi) is 5.99. The first-order valence-corrected chi connectivity index (χ1v) is 9.67. The van der Waals surface area contributed by atoms with Crippen LogP contribution in [0, 0.1) is 12.3 Å². The minimum absolute atomic E-state index is 0.161. The van der Waals surface area contributed by atoms with Gasteiger partial charge in [0.15, 0.2) is 16.3 Å². The number of ether oxygens (including phenoxy) is 2. The molecule has 0 unspecified atom stereocenters. The minimum Gasteiger partial charge on any atom is -0.493 e. The van der Waals surface area contributed by atoms with Gasteiger partial charge < -0.3 is 14.0 Å². The van der Waals surface area contributed by atoms with Gasteiger partial charge in [0.25, 0.3) is 5.91 Å². The van der Waals surface area contributed by atoms with E-state index in [0.29, 0.717) is 22.8 Å². The van der Waals surface area contributed by atoms with Gasteiger partial charge in [0.2, 0.25) is 0 Å². The van der Waals surface area contributed by atoms with Crippen LogP contribution in [0.3, 0.4) is 0 Å². The van der Waals surface area contributed by atoms with Crippen molar-refractivity contribution in [3.05, 3.63) is 51.2 Å². The number of terminal acetylenes is 1. The third kappa shape index (κ3) is 4.24. The number of hydrogen-bond acceptors (Lipinski definition) is 4. The van der Waals surface area contributed by atoms with Crippen LogP contribution in [0.5, 0.6) is 11.5 Å². The van der Waals surface area contributed by atoms with Crippen molar-refractivity contribution in [3.63, 3.8) is 0 Å². The Morgan fingerprint density at radius 3 is 2.70 bits per heavy atom. The van der Waals surface area contributed by atoms with Gasteiger partial charge in [0.1, 0.15) is 0 Å². The summed E-state index contributed by atoms with van der Waals surface area (Å²) in [6.07, 6.45) is 5.66. The smallest absolute Gasteiger partial charge is 0.252 e. The zero-order valence-electron chi connectivity index (χ0n) is 14.9. The van der Waals surface area contributed by atoms with Crippen molar-refractivity contribution >= 4 is 43.4 Å². The zero-order chi connectivity index (χ0) is 19.4. The fraction of sp³-hybridized carbons (Fsp3) is 0.200. The average molecular weight is 445 g/mol. The van der Waals surface area contributed by atoms with Crippen molar-refractivity contribution in [1.82, 2.24) is 4.57 Å². The van der Waals surface area contributed by atoms with E-state index in [1.807, 2.05) is 28.8 Å². The molecule has 1 heterocycles. The lowest BCUT2D eigenvalue weighted by atomic mass is 10.1. The monoisotopic (exact) mass is 444 g/mol. The van der Waals surface area contributed by atoms with Gasteiger partial charge in [-0.3, -0.25) is 4.79 Å². The van der Waals surface area contributed by atoms with Gasteiger partial charge in [-0.05, 0) is 35.9 Å². The van der Waals surface area contributed by atoms with E-state index in [1.54, 1.807) is 26.4 Å². The second-order valence-corrected chi connectivity index (χ2v) is 7.58. The number of rotatable bonds is 5. The molecule has 27 heavy (non-hydrogen) atoms. The van der Waals surface area contributed by atoms with Crippen LogP contribution >= 0.6 is 27.3 Å². The molecule has 0 atom stereocenters. The number of amides is 1. The number of methoxy groups -OCH3 is 2. The number of benzene rings is 2. The molecule has 0 aliphatic rings. The number of fused-ring (bicyclic) bond motifs is 1. The van der Waals surface area contributed by atoms with E-state index < -0.39 is 0 Å². The van der Waals surface area contributed by atoms with Gasteiger partial charge >= 0.3 is 0 Å². The summed E-state index contributed by atoms with van der Waals surface area (Å²) in [6.45, 7) is 0.351. The van der Waals surface area contributed by atoms with Crippen LogP contribution in [0.2, 0.25) is 0 Å². The molecule has 0 bridgehead atoms. The number of aromatic nitrogens is 1. The lowest BCUT2D eigenvalue weighted by Gasteiger charge is -2.08. The van der Waals surface area contributed by atoms with Crippen molar-refractivity contribution in [2.75, 3.05) is 14.2 Å². The van der Waals surface area contributed by atoms with Crippen LogP contribution in [0.25, 0.3) is 10.2 Å². The second-order valence-electron chi connectivity index (χ2n) is 5.66. The largest absolute Gasteiger partial charge is 0.493 e. The average Bonchev–Trinajstić information content (AvgIpc) is 2.98. The number of carbonyl (C=O) groups is 1. The fourth-order valence-electron chi connectivity index (χ4n) is 2.69. The van der Waals surface area contributed by atoms with E-state index in [-0.39, 0.29) is 12.3 Å². The summed E-state index contributed by atoms with van der Waals surface area (Å²) in [6, 6.07) is 11.3. The van der Waals surface area contributed by atoms with Crippen LogP contribution < -0.4 is 14.3 Å². The summed E-state index contributed by atoms with van der Waals surface area (Å²) in [5.41, 5.74) is 1.76. The van der Waals surface area contributed by atoms with Crippen molar-refractivity contribution < 1.29 is 14.3 Å². The number of nitrogens with zero attached hydrogens (tertiary/aromatic N) is 2. The SMILES string of the molecule is C#CCn1c(=NC(=O)Cc2ccc(OC)c(OC)c2)sc2cc(Br)ccc21. The number of thiazole rings is 1. The molecule has 0 saturated heterocycles. The highest BCUT2D eigenvalue weighted by atomic mass is 79.9. The number of halogens is 1. The van der Waals surface area contributed by atoms with Crippen LogP contribution in [-0.2, 0) is 17.8 Å². The molecule has 0 radical (unpaired) electrons. The molecule has 1 amide bonds. The Bertz CT molecular complexity index is 1110. The third-order valence-corrected chi connectivity index (χ3v) is 5.45. The molecule has 0 fully saturated rings. The molecular weight excluding hydrogens is 428 g/mol. The Balaban J connectivity index is 1.95. The quantitative estimate of drug-likeness (QED) is 0.562. The highest BCUT2D eigenvalue weighted by Crippen LogP contribution is 2.28. The fourth-order valence-corrected chi connectivity index (χ4v) is 4.29. The Morgan fingerprint density at radius 2 is 2.00 bits per heavy atom. The minimum atomic E-state index is -0.251. The molecule has 0 saturated carbocycles. The summed E-state index contributed by atoms with van der Waals surface area (Å²) in [5, 5.41) is 0. The standard InChI is InChI=1S/C20H17BrN2O3S/c1-4-9-23-15-7-6-14(21)12-18(15)27-20(23)22-19(24)11-13-5-8-16(25-2)17(10-13)26-3/h1,5-8,10,12H,9,11H2,2-3H3. The summed E-state index contributed by atoms with van der Waals surface area (Å²) in [7, 11) is 3.13. The van der Waals surface area contributed by atoms with E-state index in [4.69, 9.17) is 15.9 Å². The predicted octanol–water partition coefficient (Wildman–Crippen LogP) is 3.79. The molecular formula is C20H17BrN2O3S. The Hall–Kier alpha value is -2.56. The molecule has 138 valence electrons. The predicted molar refractivity (Wildman–Crippen MR) is 110 cm³/mol. The van der Waals surface area contributed by atoms with Crippen LogP contribution in [0.15, 0.2) is 45.9 Å².